The highest BCUT2D eigenvalue weighted by Gasteiger charge is 2.44. The van der Waals surface area contributed by atoms with Crippen LogP contribution in [0.15, 0.2) is 77.3 Å². The van der Waals surface area contributed by atoms with Crippen LogP contribution in [0.25, 0.3) is 0 Å². The average molecular weight is 531 g/mol. The van der Waals surface area contributed by atoms with E-state index in [9.17, 15) is 22.3 Å². The van der Waals surface area contributed by atoms with Crippen LogP contribution < -0.4 is 15.4 Å². The molecule has 0 aromatic heterocycles. The van der Waals surface area contributed by atoms with Crippen LogP contribution in [0, 0.1) is 11.2 Å². The molecule has 10 heteroatoms. The molecule has 0 saturated carbocycles. The maximum Gasteiger partial charge on any atom is 0.426 e. The summed E-state index contributed by atoms with van der Waals surface area (Å²) in [7, 11) is -3.88. The highest BCUT2D eigenvalue weighted by Crippen LogP contribution is 2.48. The van der Waals surface area contributed by atoms with Crippen molar-refractivity contribution >= 4 is 21.2 Å². The number of hydrogen-bond donors (Lipinski definition) is 3. The summed E-state index contributed by atoms with van der Waals surface area (Å²) in [5.74, 6) is -1.60. The van der Waals surface area contributed by atoms with Gasteiger partial charge in [-0.3, -0.25) is 0 Å². The summed E-state index contributed by atoms with van der Waals surface area (Å²) < 4.78 is 76.5. The third-order valence-electron chi connectivity index (χ3n) is 6.39. The lowest BCUT2D eigenvalue weighted by Crippen LogP contribution is -2.35. The molecule has 2 aliphatic rings. The summed E-state index contributed by atoms with van der Waals surface area (Å²) in [6, 6.07) is 13.6. The Bertz CT molecular complexity index is 1510. The van der Waals surface area contributed by atoms with E-state index in [0.29, 0.717) is 17.8 Å². The first-order valence-corrected chi connectivity index (χ1v) is 13.2. The molecule has 3 aromatic carbocycles. The molecule has 6 nitrogen and oxygen atoms in total. The second-order valence-electron chi connectivity index (χ2n) is 10.0. The van der Waals surface area contributed by atoms with Gasteiger partial charge in [-0.2, -0.15) is 8.78 Å². The van der Waals surface area contributed by atoms with Gasteiger partial charge in [-0.1, -0.05) is 38.1 Å². The van der Waals surface area contributed by atoms with Crippen LogP contribution >= 0.6 is 0 Å². The number of rotatable bonds is 4. The number of para-hydroxylation sites is 1. The molecule has 0 bridgehead atoms. The number of fused-ring (bicyclic) bond motifs is 1. The predicted octanol–water partition coefficient (Wildman–Crippen LogP) is 6.29. The van der Waals surface area contributed by atoms with Crippen molar-refractivity contribution in [3.05, 3.63) is 94.3 Å². The van der Waals surface area contributed by atoms with Gasteiger partial charge in [-0.05, 0) is 48.2 Å². The van der Waals surface area contributed by atoms with Crippen LogP contribution in [0.1, 0.15) is 37.4 Å². The van der Waals surface area contributed by atoms with Crippen molar-refractivity contribution in [2.24, 2.45) is 5.41 Å². The molecule has 0 amide bonds. The van der Waals surface area contributed by atoms with E-state index >= 15 is 4.39 Å². The first kappa shape index (κ1) is 25.0. The number of phenolic OH excluding ortho intramolecular Hbond substituents is 1. The second kappa shape index (κ2) is 8.72. The van der Waals surface area contributed by atoms with Gasteiger partial charge < -0.3 is 20.5 Å². The summed E-state index contributed by atoms with van der Waals surface area (Å²) >= 11 is 0. The maximum atomic E-state index is 15.5. The van der Waals surface area contributed by atoms with Crippen molar-refractivity contribution in [1.82, 2.24) is 0 Å². The largest absolute Gasteiger partial charge is 0.506 e. The Morgan fingerprint density at radius 3 is 2.49 bits per heavy atom. The number of hydrogen-bond acceptors (Lipinski definition) is 6. The zero-order chi connectivity index (χ0) is 26.6. The fraction of sp³-hybridized carbons (Fsp3) is 0.259. The molecule has 1 atom stereocenters. The van der Waals surface area contributed by atoms with E-state index in [2.05, 4.69) is 10.6 Å². The molecule has 3 aromatic rings. The van der Waals surface area contributed by atoms with Crippen molar-refractivity contribution in [3.8, 4) is 11.5 Å². The molecule has 5 rings (SSSR count). The number of sulfone groups is 1. The normalized spacial score (nSPS) is 20.1. The predicted molar refractivity (Wildman–Crippen MR) is 135 cm³/mol. The van der Waals surface area contributed by atoms with Gasteiger partial charge in [0, 0.05) is 17.3 Å². The highest BCUT2D eigenvalue weighted by atomic mass is 32.2. The van der Waals surface area contributed by atoms with E-state index < -0.39 is 44.5 Å². The van der Waals surface area contributed by atoms with Gasteiger partial charge in [0.2, 0.25) is 0 Å². The molecule has 2 heterocycles. The van der Waals surface area contributed by atoms with Gasteiger partial charge in [0.1, 0.15) is 23.0 Å². The Morgan fingerprint density at radius 2 is 1.78 bits per heavy atom. The molecule has 0 fully saturated rings. The van der Waals surface area contributed by atoms with E-state index in [4.69, 9.17) is 4.74 Å². The molecule has 0 spiro atoms. The molecule has 194 valence electrons. The van der Waals surface area contributed by atoms with Crippen LogP contribution in [0.2, 0.25) is 0 Å². The number of phenols is 1. The van der Waals surface area contributed by atoms with Gasteiger partial charge in [0.25, 0.3) is 0 Å². The lowest BCUT2D eigenvalue weighted by molar-refractivity contribution is -0.185. The lowest BCUT2D eigenvalue weighted by Gasteiger charge is -2.34. The topological polar surface area (TPSA) is 87.7 Å². The summed E-state index contributed by atoms with van der Waals surface area (Å²) in [5, 5.41) is 16.6. The second-order valence-corrected chi connectivity index (χ2v) is 12.0. The Kier molecular flexibility index (Phi) is 5.90. The fourth-order valence-electron chi connectivity index (χ4n) is 4.88. The van der Waals surface area contributed by atoms with Crippen LogP contribution in [-0.2, 0) is 15.9 Å². The van der Waals surface area contributed by atoms with E-state index in [1.54, 1.807) is 18.2 Å². The Hall–Kier alpha value is -3.66. The monoisotopic (exact) mass is 530 g/mol. The molecule has 0 saturated heterocycles. The van der Waals surface area contributed by atoms with Crippen molar-refractivity contribution in [3.63, 3.8) is 0 Å². The van der Waals surface area contributed by atoms with Crippen LogP contribution in [-0.4, -0.2) is 19.3 Å². The van der Waals surface area contributed by atoms with E-state index in [1.807, 2.05) is 13.8 Å². The van der Waals surface area contributed by atoms with Crippen molar-refractivity contribution in [2.75, 3.05) is 16.4 Å². The quantitative estimate of drug-likeness (QED) is 0.344. The highest BCUT2D eigenvalue weighted by molar-refractivity contribution is 7.95. The molecule has 1 unspecified atom stereocenters. The Labute approximate surface area is 212 Å². The Morgan fingerprint density at radius 1 is 1.05 bits per heavy atom. The zero-order valence-corrected chi connectivity index (χ0v) is 20.9. The number of aromatic hydroxyl groups is 1. The minimum atomic E-state index is -3.88. The van der Waals surface area contributed by atoms with E-state index in [-0.39, 0.29) is 27.7 Å². The number of anilines is 2. The molecular formula is C27H25F3N2O4S. The minimum absolute atomic E-state index is 0.0513. The minimum Gasteiger partial charge on any atom is -0.506 e. The molecule has 0 aliphatic carbocycles. The standard InChI is InChI=1S/C27H25F3N2O4S/c1-26(2)14-21-25(37(34,35)15-26)23(31-20-9-6-10-22(33)24(20)32-21)18-12-11-17(13-19(18)28)36-27(29,30)16-7-4-3-5-8-16/h3-13,23,31-33H,14-15H2,1-2H3. The zero-order valence-electron chi connectivity index (χ0n) is 20.1. The van der Waals surface area contributed by atoms with Gasteiger partial charge in [0.05, 0.1) is 28.0 Å². The van der Waals surface area contributed by atoms with Gasteiger partial charge in [-0.15, -0.1) is 0 Å². The molecule has 3 N–H and O–H groups in total. The molecule has 0 radical (unpaired) electrons. The molecular weight excluding hydrogens is 505 g/mol. The van der Waals surface area contributed by atoms with E-state index in [0.717, 1.165) is 6.07 Å². The van der Waals surface area contributed by atoms with Gasteiger partial charge >= 0.3 is 6.11 Å². The molecule has 2 aliphatic heterocycles. The summed E-state index contributed by atoms with van der Waals surface area (Å²) in [6.45, 7) is 3.63. The van der Waals surface area contributed by atoms with Crippen LogP contribution in [0.4, 0.5) is 24.5 Å². The van der Waals surface area contributed by atoms with E-state index in [1.165, 1.54) is 42.5 Å². The van der Waals surface area contributed by atoms with Gasteiger partial charge in [-0.25, -0.2) is 12.8 Å². The van der Waals surface area contributed by atoms with Crippen molar-refractivity contribution in [1.29, 1.82) is 0 Å². The number of allylic oxidation sites excluding steroid dienone is 1. The number of benzene rings is 3. The third-order valence-corrected chi connectivity index (χ3v) is 8.70. The van der Waals surface area contributed by atoms with Crippen LogP contribution in [0.5, 0.6) is 11.5 Å². The summed E-state index contributed by atoms with van der Waals surface area (Å²) in [4.78, 5) is -0.0513. The van der Waals surface area contributed by atoms with Crippen molar-refractivity contribution < 1.29 is 31.4 Å². The number of ether oxygens (including phenoxy) is 1. The first-order valence-electron chi connectivity index (χ1n) is 11.6. The third kappa shape index (κ3) is 4.73. The maximum absolute atomic E-state index is 15.5. The fourth-order valence-corrected chi connectivity index (χ4v) is 7.21. The number of halogens is 3. The number of alkyl halides is 2. The first-order chi connectivity index (χ1) is 17.4. The van der Waals surface area contributed by atoms with Gasteiger partial charge in [0.15, 0.2) is 9.84 Å². The summed E-state index contributed by atoms with van der Waals surface area (Å²) in [5.41, 5.74) is -0.0914. The van der Waals surface area contributed by atoms with Crippen molar-refractivity contribution in [2.45, 2.75) is 32.4 Å². The number of nitrogens with one attached hydrogen (secondary N) is 2. The smallest absolute Gasteiger partial charge is 0.426 e. The average Bonchev–Trinajstić information content (AvgIpc) is 2.96. The summed E-state index contributed by atoms with van der Waals surface area (Å²) in [6.07, 6.45) is -3.37. The van der Waals surface area contributed by atoms with Crippen LogP contribution in [0.3, 0.4) is 0 Å². The SMILES string of the molecule is CC1(C)CC2=C(C(c3ccc(OC(F)(F)c4ccccc4)cc3F)Nc3cccc(O)c3N2)S(=O)(=O)C1. The lowest BCUT2D eigenvalue weighted by atomic mass is 9.88. The Balaban J connectivity index is 1.59. The molecule has 37 heavy (non-hydrogen) atoms.